The molecule has 0 aliphatic carbocycles. The second-order valence-corrected chi connectivity index (χ2v) is 7.37. The van der Waals surface area contributed by atoms with Crippen LogP contribution in [0, 0.1) is 6.92 Å². The van der Waals surface area contributed by atoms with E-state index < -0.39 is 0 Å². The molecule has 4 rings (SSSR count). The lowest BCUT2D eigenvalue weighted by Gasteiger charge is -2.22. The van der Waals surface area contributed by atoms with Gasteiger partial charge in [0.1, 0.15) is 0 Å². The van der Waals surface area contributed by atoms with Crippen molar-refractivity contribution in [1.29, 1.82) is 0 Å². The Kier molecular flexibility index (Phi) is 5.08. The van der Waals surface area contributed by atoms with Crippen LogP contribution in [-0.2, 0) is 0 Å². The first-order valence-corrected chi connectivity index (χ1v) is 9.65. The van der Waals surface area contributed by atoms with Crippen LogP contribution >= 0.6 is 23.2 Å². The van der Waals surface area contributed by atoms with Crippen LogP contribution in [0.4, 0.5) is 0 Å². The van der Waals surface area contributed by atoms with Crippen molar-refractivity contribution in [2.75, 3.05) is 0 Å². The number of aromatic nitrogens is 1. The van der Waals surface area contributed by atoms with Gasteiger partial charge in [0.25, 0.3) is 0 Å². The van der Waals surface area contributed by atoms with E-state index in [0.717, 1.165) is 28.2 Å². The predicted molar refractivity (Wildman–Crippen MR) is 118 cm³/mol. The van der Waals surface area contributed by atoms with Crippen LogP contribution in [0.25, 0.3) is 28.2 Å². The summed E-state index contributed by atoms with van der Waals surface area (Å²) >= 11 is 12.7. The molecule has 4 heteroatoms. The van der Waals surface area contributed by atoms with E-state index in [1.165, 1.54) is 0 Å². The maximum absolute atomic E-state index is 12.9. The number of rotatable bonds is 3. The minimum absolute atomic E-state index is 0.0351. The average Bonchev–Trinajstić information content (AvgIpc) is 2.71. The van der Waals surface area contributed by atoms with E-state index in [9.17, 15) is 4.79 Å². The first-order chi connectivity index (χ1) is 13.6. The SMILES string of the molecule is Cc1c(-c2ccc(Cl)cc2Cl)n(-c2ccccc2)c(-c2ccccc2)cc1=O. The lowest BCUT2D eigenvalue weighted by Crippen LogP contribution is -2.15. The molecule has 0 unspecified atom stereocenters. The van der Waals surface area contributed by atoms with Gasteiger partial charge in [-0.1, -0.05) is 71.7 Å². The van der Waals surface area contributed by atoms with Gasteiger partial charge in [-0.05, 0) is 42.8 Å². The summed E-state index contributed by atoms with van der Waals surface area (Å²) in [5, 5.41) is 1.06. The summed E-state index contributed by atoms with van der Waals surface area (Å²) in [5.41, 5.74) is 4.84. The molecule has 0 fully saturated rings. The van der Waals surface area contributed by atoms with Crippen molar-refractivity contribution in [2.45, 2.75) is 6.92 Å². The Hall–Kier alpha value is -2.81. The number of halogens is 2. The highest BCUT2D eigenvalue weighted by molar-refractivity contribution is 6.36. The molecule has 0 spiro atoms. The lowest BCUT2D eigenvalue weighted by atomic mass is 10.0. The van der Waals surface area contributed by atoms with Gasteiger partial charge in [0, 0.05) is 27.9 Å². The number of benzene rings is 3. The lowest BCUT2D eigenvalue weighted by molar-refractivity contribution is 1.04. The van der Waals surface area contributed by atoms with Gasteiger partial charge >= 0.3 is 0 Å². The van der Waals surface area contributed by atoms with Crippen LogP contribution in [-0.4, -0.2) is 4.57 Å². The molecule has 1 heterocycles. The summed E-state index contributed by atoms with van der Waals surface area (Å²) in [6.45, 7) is 1.83. The molecule has 0 bridgehead atoms. The molecule has 0 aliphatic rings. The third kappa shape index (κ3) is 3.37. The number of nitrogens with zero attached hydrogens (tertiary/aromatic N) is 1. The zero-order chi connectivity index (χ0) is 19.7. The van der Waals surface area contributed by atoms with Crippen molar-refractivity contribution in [3.63, 3.8) is 0 Å². The van der Waals surface area contributed by atoms with E-state index in [2.05, 4.69) is 4.57 Å². The third-order valence-corrected chi connectivity index (χ3v) is 5.28. The van der Waals surface area contributed by atoms with Crippen molar-refractivity contribution in [3.8, 4) is 28.2 Å². The van der Waals surface area contributed by atoms with Gasteiger partial charge in [-0.15, -0.1) is 0 Å². The Balaban J connectivity index is 2.16. The molecule has 138 valence electrons. The topological polar surface area (TPSA) is 22.0 Å². The molecular weight excluding hydrogens is 389 g/mol. The van der Waals surface area contributed by atoms with Crippen LogP contribution in [0.2, 0.25) is 10.0 Å². The number of para-hydroxylation sites is 1. The van der Waals surface area contributed by atoms with Gasteiger partial charge in [0.05, 0.1) is 16.4 Å². The summed E-state index contributed by atoms with van der Waals surface area (Å²) in [6.07, 6.45) is 0. The van der Waals surface area contributed by atoms with Crippen LogP contribution in [0.5, 0.6) is 0 Å². The second kappa shape index (κ2) is 7.67. The van der Waals surface area contributed by atoms with E-state index in [-0.39, 0.29) is 5.43 Å². The summed E-state index contributed by atoms with van der Waals surface area (Å²) in [4.78, 5) is 12.9. The molecule has 0 saturated heterocycles. The highest BCUT2D eigenvalue weighted by Crippen LogP contribution is 2.36. The fourth-order valence-electron chi connectivity index (χ4n) is 3.37. The van der Waals surface area contributed by atoms with Crippen molar-refractivity contribution in [2.24, 2.45) is 0 Å². The van der Waals surface area contributed by atoms with Crippen LogP contribution < -0.4 is 5.43 Å². The monoisotopic (exact) mass is 405 g/mol. The first-order valence-electron chi connectivity index (χ1n) is 8.89. The standard InChI is InChI=1S/C24H17Cl2NO/c1-16-23(28)15-22(17-8-4-2-5-9-17)27(19-10-6-3-7-11-19)24(16)20-13-12-18(25)14-21(20)26/h2-15H,1H3. The zero-order valence-corrected chi connectivity index (χ0v) is 16.7. The average molecular weight is 406 g/mol. The van der Waals surface area contributed by atoms with Gasteiger partial charge in [-0.3, -0.25) is 4.79 Å². The Morgan fingerprint density at radius 2 is 1.43 bits per heavy atom. The maximum atomic E-state index is 12.9. The fraction of sp³-hybridized carbons (Fsp3) is 0.0417. The molecule has 0 N–H and O–H groups in total. The largest absolute Gasteiger partial charge is 0.309 e. The van der Waals surface area contributed by atoms with E-state index in [1.807, 2.05) is 73.7 Å². The fourth-order valence-corrected chi connectivity index (χ4v) is 3.87. The molecular formula is C24H17Cl2NO. The minimum atomic E-state index is -0.0351. The highest BCUT2D eigenvalue weighted by Gasteiger charge is 2.19. The van der Waals surface area contributed by atoms with E-state index in [4.69, 9.17) is 23.2 Å². The molecule has 1 aromatic heterocycles. The van der Waals surface area contributed by atoms with E-state index in [0.29, 0.717) is 15.6 Å². The molecule has 0 atom stereocenters. The van der Waals surface area contributed by atoms with Crippen LogP contribution in [0.3, 0.4) is 0 Å². The summed E-state index contributed by atoms with van der Waals surface area (Å²) < 4.78 is 2.08. The molecule has 0 saturated carbocycles. The highest BCUT2D eigenvalue weighted by atomic mass is 35.5. The van der Waals surface area contributed by atoms with Gasteiger partial charge in [0.2, 0.25) is 0 Å². The minimum Gasteiger partial charge on any atom is -0.309 e. The van der Waals surface area contributed by atoms with Gasteiger partial charge in [-0.25, -0.2) is 0 Å². The quantitative estimate of drug-likeness (QED) is 0.367. The van der Waals surface area contributed by atoms with E-state index in [1.54, 1.807) is 18.2 Å². The summed E-state index contributed by atoms with van der Waals surface area (Å²) in [6, 6.07) is 26.9. The molecule has 28 heavy (non-hydrogen) atoms. The van der Waals surface area contributed by atoms with Gasteiger partial charge < -0.3 is 4.57 Å². The maximum Gasteiger partial charge on any atom is 0.185 e. The van der Waals surface area contributed by atoms with Crippen molar-refractivity contribution >= 4 is 23.2 Å². The number of hydrogen-bond acceptors (Lipinski definition) is 1. The predicted octanol–water partition coefficient (Wildman–Crippen LogP) is 6.79. The second-order valence-electron chi connectivity index (χ2n) is 6.53. The Bertz CT molecular complexity index is 1200. The van der Waals surface area contributed by atoms with Crippen molar-refractivity contribution < 1.29 is 0 Å². The molecule has 0 radical (unpaired) electrons. The van der Waals surface area contributed by atoms with Gasteiger partial charge in [-0.2, -0.15) is 0 Å². The smallest absolute Gasteiger partial charge is 0.185 e. The van der Waals surface area contributed by atoms with Crippen molar-refractivity contribution in [1.82, 2.24) is 4.57 Å². The molecule has 4 aromatic rings. The molecule has 0 aliphatic heterocycles. The molecule has 3 aromatic carbocycles. The zero-order valence-electron chi connectivity index (χ0n) is 15.2. The number of hydrogen-bond donors (Lipinski definition) is 0. The Morgan fingerprint density at radius 3 is 2.07 bits per heavy atom. The third-order valence-electron chi connectivity index (χ3n) is 4.73. The number of pyridine rings is 1. The van der Waals surface area contributed by atoms with Crippen LogP contribution in [0.15, 0.2) is 89.7 Å². The Morgan fingerprint density at radius 1 is 0.786 bits per heavy atom. The normalized spacial score (nSPS) is 10.8. The van der Waals surface area contributed by atoms with E-state index >= 15 is 0 Å². The molecule has 2 nitrogen and oxygen atoms in total. The summed E-state index contributed by atoms with van der Waals surface area (Å²) in [7, 11) is 0. The summed E-state index contributed by atoms with van der Waals surface area (Å²) in [5.74, 6) is 0. The first kappa shape index (κ1) is 18.5. The van der Waals surface area contributed by atoms with Crippen LogP contribution in [0.1, 0.15) is 5.56 Å². The van der Waals surface area contributed by atoms with Crippen molar-refractivity contribution in [3.05, 3.63) is 111 Å². The Labute approximate surface area is 173 Å². The molecule has 0 amide bonds. The van der Waals surface area contributed by atoms with Gasteiger partial charge in [0.15, 0.2) is 5.43 Å².